The van der Waals surface area contributed by atoms with Crippen molar-refractivity contribution in [3.8, 4) is 0 Å². The molecule has 4 aliphatic heterocycles. The summed E-state index contributed by atoms with van der Waals surface area (Å²) in [5, 5.41) is 131. The number of aliphatic carboxylic acids is 1. The molecule has 9 aliphatic rings. The van der Waals surface area contributed by atoms with Crippen LogP contribution in [0.4, 0.5) is 0 Å². The highest BCUT2D eigenvalue weighted by Gasteiger charge is 2.75. The third-order valence-electron chi connectivity index (χ3n) is 22.5. The van der Waals surface area contributed by atoms with E-state index in [9.17, 15) is 80.5 Å². The topological polar surface area (TPSA) is 413 Å². The molecule has 0 spiro atoms. The van der Waals surface area contributed by atoms with Crippen LogP contribution in [0.1, 0.15) is 121 Å². The standard InChI is InChI=1S/C61H94O27/c1-12-25(2)51(77)88-48-49(81-27(4)65)61(24-63)29(19-56(48,5)6)28-13-14-34-58(9)17-16-35(57(7,8)33(58)15-18-59(34,10)60(28,11)20-36(61)80-26(3)64)83-55-47(87-53-42(73)40(71)39(70)32(21-62)82-53)44(43(74)45(85-55)50(75)76)84-54-46(38(69)31(67)23-79-54)86-52-41(72)37(68)30(66)22-78-52/h12-13,29-49,52-55,62-63,66-74H,14-24H2,1-11H3,(H,75,76). The summed E-state index contributed by atoms with van der Waals surface area (Å²) < 4.78 is 67.6. The van der Waals surface area contributed by atoms with Gasteiger partial charge in [0, 0.05) is 24.8 Å². The van der Waals surface area contributed by atoms with Gasteiger partial charge in [-0.1, -0.05) is 66.2 Å². The Balaban J connectivity index is 1.06. The number of allylic oxidation sites excluding steroid dienone is 3. The van der Waals surface area contributed by atoms with E-state index in [4.69, 9.17) is 52.1 Å². The van der Waals surface area contributed by atoms with Gasteiger partial charge in [0.15, 0.2) is 37.4 Å². The molecule has 0 radical (unpaired) electrons. The molecule has 5 aliphatic carbocycles. The lowest BCUT2D eigenvalue weighted by molar-refractivity contribution is -0.399. The molecule has 4 heterocycles. The zero-order valence-corrected chi connectivity index (χ0v) is 51.9. The van der Waals surface area contributed by atoms with E-state index in [0.29, 0.717) is 44.1 Å². The zero-order chi connectivity index (χ0) is 64.9. The van der Waals surface area contributed by atoms with E-state index in [2.05, 4.69) is 26.8 Å². The maximum absolute atomic E-state index is 13.6. The smallest absolute Gasteiger partial charge is 0.335 e. The molecule has 0 aromatic carbocycles. The average molecular weight is 1260 g/mol. The van der Waals surface area contributed by atoms with Gasteiger partial charge in [-0.3, -0.25) is 9.59 Å². The second-order valence-electron chi connectivity index (χ2n) is 28.2. The second kappa shape index (κ2) is 25.5. The van der Waals surface area contributed by atoms with E-state index < -0.39 is 224 Å². The van der Waals surface area contributed by atoms with Crippen LogP contribution < -0.4 is 0 Å². The van der Waals surface area contributed by atoms with Crippen molar-refractivity contribution in [3.05, 3.63) is 23.3 Å². The van der Waals surface area contributed by atoms with Crippen molar-refractivity contribution in [3.63, 3.8) is 0 Å². The number of hydrogen-bond acceptors (Lipinski definition) is 26. The van der Waals surface area contributed by atoms with E-state index in [1.807, 2.05) is 27.7 Å². The first-order valence-corrected chi connectivity index (χ1v) is 30.7. The van der Waals surface area contributed by atoms with Crippen molar-refractivity contribution in [2.45, 2.75) is 256 Å². The van der Waals surface area contributed by atoms with Gasteiger partial charge in [0.25, 0.3) is 0 Å². The van der Waals surface area contributed by atoms with Crippen molar-refractivity contribution in [2.24, 2.45) is 50.2 Å². The van der Waals surface area contributed by atoms with E-state index in [1.165, 1.54) is 13.8 Å². The molecular weight excluding hydrogens is 1160 g/mol. The summed E-state index contributed by atoms with van der Waals surface area (Å²) in [6, 6.07) is 0. The highest BCUT2D eigenvalue weighted by molar-refractivity contribution is 5.87. The van der Waals surface area contributed by atoms with Crippen LogP contribution in [0.5, 0.6) is 0 Å². The van der Waals surface area contributed by atoms with Crippen LogP contribution in [0.3, 0.4) is 0 Å². The van der Waals surface area contributed by atoms with E-state index >= 15 is 0 Å². The normalized spacial score (nSPS) is 49.1. The van der Waals surface area contributed by atoms with Gasteiger partial charge in [0.05, 0.1) is 37.9 Å². The zero-order valence-electron chi connectivity index (χ0n) is 51.9. The molecular formula is C61H94O27. The summed E-state index contributed by atoms with van der Waals surface area (Å²) in [4.78, 5) is 53.4. The minimum absolute atomic E-state index is 0.0452. The molecule has 88 heavy (non-hydrogen) atoms. The highest BCUT2D eigenvalue weighted by Crippen LogP contribution is 2.76. The number of fused-ring (bicyclic) bond motifs is 7. The van der Waals surface area contributed by atoms with Crippen LogP contribution >= 0.6 is 0 Å². The molecule has 27 nitrogen and oxygen atoms in total. The van der Waals surface area contributed by atoms with Crippen molar-refractivity contribution < 1.29 is 133 Å². The number of carboxylic acids is 1. The van der Waals surface area contributed by atoms with Crippen LogP contribution in [-0.4, -0.2) is 247 Å². The van der Waals surface area contributed by atoms with Crippen LogP contribution in [0, 0.1) is 50.2 Å². The largest absolute Gasteiger partial charge is 0.479 e. The number of hydrogen-bond donors (Lipinski definition) is 12. The molecule has 4 saturated heterocycles. The highest BCUT2D eigenvalue weighted by atomic mass is 16.8. The van der Waals surface area contributed by atoms with Gasteiger partial charge < -0.3 is 113 Å². The first-order valence-electron chi connectivity index (χ1n) is 30.7. The van der Waals surface area contributed by atoms with Gasteiger partial charge >= 0.3 is 23.9 Å². The van der Waals surface area contributed by atoms with E-state index in [-0.39, 0.29) is 18.3 Å². The molecule has 29 atom stereocenters. The molecule has 4 saturated carbocycles. The van der Waals surface area contributed by atoms with Crippen molar-refractivity contribution in [2.75, 3.05) is 26.4 Å². The molecule has 0 bridgehead atoms. The quantitative estimate of drug-likeness (QED) is 0.0320. The lowest BCUT2D eigenvalue weighted by Crippen LogP contribution is -2.73. The van der Waals surface area contributed by atoms with Gasteiger partial charge in [-0.15, -0.1) is 0 Å². The number of carboxylic acid groups (broad SMARTS) is 1. The number of esters is 3. The van der Waals surface area contributed by atoms with Gasteiger partial charge in [0.2, 0.25) is 0 Å². The Labute approximate surface area is 511 Å². The van der Waals surface area contributed by atoms with Crippen molar-refractivity contribution in [1.82, 2.24) is 0 Å². The average Bonchev–Trinajstić information content (AvgIpc) is 0.678. The Morgan fingerprint density at radius 3 is 1.84 bits per heavy atom. The molecule has 12 N–H and O–H groups in total. The molecule has 0 amide bonds. The third-order valence-corrected chi connectivity index (χ3v) is 22.5. The first-order chi connectivity index (χ1) is 41.1. The minimum Gasteiger partial charge on any atom is -0.479 e. The van der Waals surface area contributed by atoms with Crippen LogP contribution in [0.2, 0.25) is 0 Å². The molecule has 27 heteroatoms. The molecule has 8 fully saturated rings. The summed E-state index contributed by atoms with van der Waals surface area (Å²) in [5.74, 6) is -4.30. The summed E-state index contributed by atoms with van der Waals surface area (Å²) in [7, 11) is 0. The molecule has 9 rings (SSSR count). The number of ether oxygens (including phenoxy) is 11. The molecule has 0 aromatic rings. The Bertz CT molecular complexity index is 2610. The van der Waals surface area contributed by atoms with E-state index in [0.717, 1.165) is 5.57 Å². The van der Waals surface area contributed by atoms with Crippen molar-refractivity contribution in [1.29, 1.82) is 0 Å². The van der Waals surface area contributed by atoms with Gasteiger partial charge in [-0.2, -0.15) is 0 Å². The first kappa shape index (κ1) is 69.0. The monoisotopic (exact) mass is 1260 g/mol. The number of aliphatic hydroxyl groups is 11. The Morgan fingerprint density at radius 2 is 1.23 bits per heavy atom. The summed E-state index contributed by atoms with van der Waals surface area (Å²) in [6.45, 7) is 17.9. The van der Waals surface area contributed by atoms with Crippen LogP contribution in [0.25, 0.3) is 0 Å². The van der Waals surface area contributed by atoms with E-state index in [1.54, 1.807) is 19.9 Å². The molecule has 29 unspecified atom stereocenters. The maximum Gasteiger partial charge on any atom is 0.335 e. The number of carbonyl (C=O) groups excluding carboxylic acids is 3. The molecule has 500 valence electrons. The maximum atomic E-state index is 13.6. The van der Waals surface area contributed by atoms with Gasteiger partial charge in [0.1, 0.15) is 91.6 Å². The SMILES string of the molecule is CC=C(C)C(=O)OC1C(OC(C)=O)C2(CO)C(OC(C)=O)CC3(C)C(=CCC4C5(C)CCC(OC6OC(C(=O)O)C(O)C(OC7OCC(O)C(O)C7OC7OCC(O)C(O)C7O)C6OC6OC(CO)C(O)C(O)C6O)C(C)(C)C5CCC43C)C2CC1(C)C. The molecule has 0 aromatic heterocycles. The van der Waals surface area contributed by atoms with Gasteiger partial charge in [-0.25, -0.2) is 9.59 Å². The lowest BCUT2D eigenvalue weighted by atomic mass is 9.33. The third kappa shape index (κ3) is 11.6. The fourth-order valence-electron chi connectivity index (χ4n) is 17.5. The Morgan fingerprint density at radius 1 is 0.614 bits per heavy atom. The second-order valence-corrected chi connectivity index (χ2v) is 28.2. The van der Waals surface area contributed by atoms with Crippen LogP contribution in [0.15, 0.2) is 23.3 Å². The Kier molecular flexibility index (Phi) is 20.0. The summed E-state index contributed by atoms with van der Waals surface area (Å²) in [6.07, 6.45) is -30.8. The predicted octanol–water partition coefficient (Wildman–Crippen LogP) is -0.620. The lowest BCUT2D eigenvalue weighted by Gasteiger charge is -2.72. The Hall–Kier alpha value is -3.40. The number of carbonyl (C=O) groups is 4. The van der Waals surface area contributed by atoms with Crippen molar-refractivity contribution >= 4 is 23.9 Å². The summed E-state index contributed by atoms with van der Waals surface area (Å²) in [5.41, 5.74) is -3.40. The number of rotatable bonds is 15. The minimum atomic E-state index is -2.22. The van der Waals surface area contributed by atoms with Gasteiger partial charge in [-0.05, 0) is 98.2 Å². The predicted molar refractivity (Wildman–Crippen MR) is 298 cm³/mol. The summed E-state index contributed by atoms with van der Waals surface area (Å²) >= 11 is 0. The fraction of sp³-hybridized carbons (Fsp3) is 0.869. The van der Waals surface area contributed by atoms with Crippen LogP contribution in [-0.2, 0) is 71.3 Å². The fourth-order valence-corrected chi connectivity index (χ4v) is 17.5. The number of aliphatic hydroxyl groups excluding tert-OH is 11.